The van der Waals surface area contributed by atoms with Crippen molar-refractivity contribution in [1.82, 2.24) is 5.32 Å². The summed E-state index contributed by atoms with van der Waals surface area (Å²) in [6.45, 7) is 3.87. The molecule has 1 fully saturated rings. The largest absolute Gasteiger partial charge is 0.452 e. The second-order valence-corrected chi connectivity index (χ2v) is 6.55. The summed E-state index contributed by atoms with van der Waals surface area (Å²) in [6, 6.07) is 3.55. The summed E-state index contributed by atoms with van der Waals surface area (Å²) in [5.41, 5.74) is 5.37. The van der Waals surface area contributed by atoms with Crippen LogP contribution < -0.4 is 11.1 Å². The molecule has 1 aromatic rings. The van der Waals surface area contributed by atoms with Crippen LogP contribution >= 0.6 is 0 Å². The third-order valence-corrected chi connectivity index (χ3v) is 4.85. The summed E-state index contributed by atoms with van der Waals surface area (Å²) in [5.74, 6) is -0.229. The maximum Gasteiger partial charge on any atom is 0.340 e. The van der Waals surface area contributed by atoms with Crippen LogP contribution in [-0.4, -0.2) is 29.4 Å². The Bertz CT molecular complexity index is 676. The number of nitrogens with zero attached hydrogens (tertiary/aromatic N) is 1. The zero-order valence-corrected chi connectivity index (χ0v) is 14.4. The van der Waals surface area contributed by atoms with E-state index in [9.17, 15) is 19.7 Å². The number of ether oxygens (including phenoxy) is 1. The third kappa shape index (κ3) is 4.68. The lowest BCUT2D eigenvalue weighted by Gasteiger charge is -2.34. The summed E-state index contributed by atoms with van der Waals surface area (Å²) in [5, 5.41) is 13.6. The lowest BCUT2D eigenvalue weighted by molar-refractivity contribution is -0.384. The minimum Gasteiger partial charge on any atom is -0.452 e. The monoisotopic (exact) mass is 349 g/mol. The maximum atomic E-state index is 12.0. The van der Waals surface area contributed by atoms with Gasteiger partial charge in [-0.1, -0.05) is 26.7 Å². The first-order valence-electron chi connectivity index (χ1n) is 8.30. The van der Waals surface area contributed by atoms with E-state index < -0.39 is 17.5 Å². The van der Waals surface area contributed by atoms with Crippen molar-refractivity contribution in [3.63, 3.8) is 0 Å². The van der Waals surface area contributed by atoms with Crippen molar-refractivity contribution in [2.24, 2.45) is 11.8 Å². The third-order valence-electron chi connectivity index (χ3n) is 4.85. The Morgan fingerprint density at radius 2 is 2.08 bits per heavy atom. The number of nitro groups is 1. The Kier molecular flexibility index (Phi) is 5.95. The average Bonchev–Trinajstić information content (AvgIpc) is 2.56. The predicted molar refractivity (Wildman–Crippen MR) is 91.9 cm³/mol. The van der Waals surface area contributed by atoms with Crippen molar-refractivity contribution >= 4 is 23.3 Å². The topological polar surface area (TPSA) is 125 Å². The summed E-state index contributed by atoms with van der Waals surface area (Å²) in [7, 11) is 0. The number of non-ortho nitro benzene ring substituents is 1. The van der Waals surface area contributed by atoms with E-state index in [1.165, 1.54) is 6.07 Å². The zero-order chi connectivity index (χ0) is 18.6. The van der Waals surface area contributed by atoms with E-state index >= 15 is 0 Å². The molecule has 0 heterocycles. The van der Waals surface area contributed by atoms with Gasteiger partial charge in [0.2, 0.25) is 0 Å². The van der Waals surface area contributed by atoms with Crippen molar-refractivity contribution in [1.29, 1.82) is 0 Å². The quantitative estimate of drug-likeness (QED) is 0.364. The Morgan fingerprint density at radius 1 is 1.36 bits per heavy atom. The van der Waals surface area contributed by atoms with Gasteiger partial charge in [-0.3, -0.25) is 14.9 Å². The molecule has 1 aliphatic rings. The van der Waals surface area contributed by atoms with E-state index in [1.54, 1.807) is 0 Å². The molecule has 0 bridgehead atoms. The number of rotatable bonds is 5. The Hall–Kier alpha value is -2.64. The molecule has 1 saturated carbocycles. The number of carbonyl (C=O) groups is 2. The van der Waals surface area contributed by atoms with Gasteiger partial charge in [-0.25, -0.2) is 4.79 Å². The number of esters is 1. The van der Waals surface area contributed by atoms with Gasteiger partial charge >= 0.3 is 5.97 Å². The van der Waals surface area contributed by atoms with E-state index in [0.29, 0.717) is 11.8 Å². The van der Waals surface area contributed by atoms with Crippen molar-refractivity contribution in [3.05, 3.63) is 33.9 Å². The molecule has 0 aliphatic heterocycles. The first-order valence-corrected chi connectivity index (χ1v) is 8.30. The highest BCUT2D eigenvalue weighted by molar-refractivity contribution is 5.96. The van der Waals surface area contributed by atoms with Crippen molar-refractivity contribution in [2.75, 3.05) is 12.3 Å². The van der Waals surface area contributed by atoms with E-state index in [-0.39, 0.29) is 28.9 Å². The van der Waals surface area contributed by atoms with Gasteiger partial charge in [-0.05, 0) is 24.3 Å². The second-order valence-electron chi connectivity index (χ2n) is 6.55. The number of nitrogen functional groups attached to an aromatic ring is 1. The lowest BCUT2D eigenvalue weighted by atomic mass is 9.78. The molecule has 8 nitrogen and oxygen atoms in total. The summed E-state index contributed by atoms with van der Waals surface area (Å²) < 4.78 is 4.97. The van der Waals surface area contributed by atoms with Crippen molar-refractivity contribution < 1.29 is 19.2 Å². The fourth-order valence-electron chi connectivity index (χ4n) is 3.09. The SMILES string of the molecule is C[C@@H]1[C@@H](C)CCC[C@H]1NC(=O)COC(=O)c1ccc([N+](=O)[O-])cc1N. The normalized spacial score (nSPS) is 22.9. The van der Waals surface area contributed by atoms with Crippen molar-refractivity contribution in [2.45, 2.75) is 39.2 Å². The van der Waals surface area contributed by atoms with Gasteiger partial charge in [-0.15, -0.1) is 0 Å². The molecule has 8 heteroatoms. The van der Waals surface area contributed by atoms with Crippen LogP contribution in [0.2, 0.25) is 0 Å². The fraction of sp³-hybridized carbons (Fsp3) is 0.529. The van der Waals surface area contributed by atoms with Crippen molar-refractivity contribution in [3.8, 4) is 0 Å². The average molecular weight is 349 g/mol. The van der Waals surface area contributed by atoms with E-state index in [4.69, 9.17) is 10.5 Å². The molecule has 1 aliphatic carbocycles. The van der Waals surface area contributed by atoms with E-state index in [1.807, 2.05) is 0 Å². The molecule has 0 aromatic heterocycles. The van der Waals surface area contributed by atoms with Gasteiger partial charge < -0.3 is 15.8 Å². The standard InChI is InChI=1S/C17H23N3O5/c1-10-4-3-5-15(11(10)2)19-16(21)9-25-17(22)13-7-6-12(20(23)24)8-14(13)18/h6-8,10-11,15H,3-5,9,18H2,1-2H3,(H,19,21)/t10-,11+,15+/m0/s1. The van der Waals surface area contributed by atoms with Gasteiger partial charge in [0, 0.05) is 18.2 Å². The number of nitrogens with one attached hydrogen (secondary N) is 1. The van der Waals surface area contributed by atoms with E-state index in [0.717, 1.165) is 31.4 Å². The van der Waals surface area contributed by atoms with Crippen LogP contribution in [0.1, 0.15) is 43.5 Å². The predicted octanol–water partition coefficient (Wildman–Crippen LogP) is 2.27. The number of amides is 1. The summed E-state index contributed by atoms with van der Waals surface area (Å²) in [6.07, 6.45) is 3.14. The number of anilines is 1. The molecule has 3 N–H and O–H groups in total. The highest BCUT2D eigenvalue weighted by Gasteiger charge is 2.28. The molecule has 0 unspecified atom stereocenters. The maximum absolute atomic E-state index is 12.0. The smallest absolute Gasteiger partial charge is 0.340 e. The number of nitrogens with two attached hydrogens (primary N) is 1. The molecule has 136 valence electrons. The van der Waals surface area contributed by atoms with Crippen LogP contribution in [-0.2, 0) is 9.53 Å². The van der Waals surface area contributed by atoms with Crippen LogP contribution in [0.25, 0.3) is 0 Å². The van der Waals surface area contributed by atoms with Gasteiger partial charge in [0.1, 0.15) is 0 Å². The van der Waals surface area contributed by atoms with Crippen LogP contribution in [0, 0.1) is 22.0 Å². The van der Waals surface area contributed by atoms with Gasteiger partial charge in [0.25, 0.3) is 11.6 Å². The van der Waals surface area contributed by atoms with Gasteiger partial charge in [0.15, 0.2) is 6.61 Å². The lowest BCUT2D eigenvalue weighted by Crippen LogP contribution is -2.45. The molecule has 1 amide bonds. The molecule has 0 saturated heterocycles. The molecular formula is C17H23N3O5. The number of nitro benzene ring substituents is 1. The van der Waals surface area contributed by atoms with Crippen LogP contribution in [0.5, 0.6) is 0 Å². The van der Waals surface area contributed by atoms with E-state index in [2.05, 4.69) is 19.2 Å². The minimum absolute atomic E-state index is 0.00180. The highest BCUT2D eigenvalue weighted by atomic mass is 16.6. The summed E-state index contributed by atoms with van der Waals surface area (Å²) >= 11 is 0. The van der Waals surface area contributed by atoms with Crippen LogP contribution in [0.15, 0.2) is 18.2 Å². The molecule has 1 aromatic carbocycles. The Labute approximate surface area is 145 Å². The highest BCUT2D eigenvalue weighted by Crippen LogP contribution is 2.29. The summed E-state index contributed by atoms with van der Waals surface area (Å²) in [4.78, 5) is 34.1. The van der Waals surface area contributed by atoms with Crippen LogP contribution in [0.4, 0.5) is 11.4 Å². The first-order chi connectivity index (χ1) is 11.8. The fourth-order valence-corrected chi connectivity index (χ4v) is 3.09. The molecule has 3 atom stereocenters. The molecule has 0 spiro atoms. The number of benzene rings is 1. The zero-order valence-electron chi connectivity index (χ0n) is 14.4. The van der Waals surface area contributed by atoms with Gasteiger partial charge in [0.05, 0.1) is 16.2 Å². The number of hydrogen-bond donors (Lipinski definition) is 2. The molecule has 25 heavy (non-hydrogen) atoms. The van der Waals surface area contributed by atoms with Gasteiger partial charge in [-0.2, -0.15) is 0 Å². The molecular weight excluding hydrogens is 326 g/mol. The molecule has 0 radical (unpaired) electrons. The van der Waals surface area contributed by atoms with Crippen LogP contribution in [0.3, 0.4) is 0 Å². The Balaban J connectivity index is 1.89. The minimum atomic E-state index is -0.785. The second kappa shape index (κ2) is 7.96. The first kappa shape index (κ1) is 18.7. The number of hydrogen-bond acceptors (Lipinski definition) is 6. The molecule has 2 rings (SSSR count). The number of carbonyl (C=O) groups excluding carboxylic acids is 2. The Morgan fingerprint density at radius 3 is 2.72 bits per heavy atom.